The van der Waals surface area contributed by atoms with Crippen LogP contribution in [0.5, 0.6) is 0 Å². The highest BCUT2D eigenvalue weighted by molar-refractivity contribution is 5.94. The minimum atomic E-state index is -0.449. The lowest BCUT2D eigenvalue weighted by Crippen LogP contribution is -2.43. The number of hydrogen-bond acceptors (Lipinski definition) is 3. The largest absolute Gasteiger partial charge is 0.379 e. The van der Waals surface area contributed by atoms with Gasteiger partial charge in [-0.05, 0) is 35.9 Å². The molecule has 1 aliphatic heterocycles. The molecule has 0 aromatic heterocycles. The second kappa shape index (κ2) is 8.87. The van der Waals surface area contributed by atoms with E-state index in [9.17, 15) is 13.6 Å². The average molecular weight is 360 g/mol. The van der Waals surface area contributed by atoms with E-state index < -0.39 is 5.82 Å². The minimum absolute atomic E-state index is 0.262. The second-order valence-corrected chi connectivity index (χ2v) is 6.32. The maximum Gasteiger partial charge on any atom is 0.254 e. The van der Waals surface area contributed by atoms with Gasteiger partial charge >= 0.3 is 0 Å². The molecule has 2 aromatic carbocycles. The first-order valence-electron chi connectivity index (χ1n) is 8.71. The molecule has 1 heterocycles. The van der Waals surface area contributed by atoms with Crippen molar-refractivity contribution in [3.05, 3.63) is 71.3 Å². The molecule has 0 aliphatic carbocycles. The number of rotatable bonds is 6. The molecule has 0 unspecified atom stereocenters. The summed E-state index contributed by atoms with van der Waals surface area (Å²) in [5, 5.41) is 0. The summed E-state index contributed by atoms with van der Waals surface area (Å²) in [6.45, 7) is 4.45. The zero-order valence-electron chi connectivity index (χ0n) is 14.5. The Kier molecular flexibility index (Phi) is 6.30. The smallest absolute Gasteiger partial charge is 0.254 e. The lowest BCUT2D eigenvalue weighted by atomic mass is 10.1. The fraction of sp³-hybridized carbons (Fsp3) is 0.350. The fourth-order valence-corrected chi connectivity index (χ4v) is 3.00. The molecule has 0 radical (unpaired) electrons. The summed E-state index contributed by atoms with van der Waals surface area (Å²) in [4.78, 5) is 16.7. The molecule has 1 fully saturated rings. The van der Waals surface area contributed by atoms with Crippen molar-refractivity contribution < 1.29 is 18.3 Å². The van der Waals surface area contributed by atoms with E-state index in [0.29, 0.717) is 37.4 Å². The van der Waals surface area contributed by atoms with E-state index in [1.54, 1.807) is 23.1 Å². The van der Waals surface area contributed by atoms with Crippen LogP contribution in [0.4, 0.5) is 8.78 Å². The van der Waals surface area contributed by atoms with Crippen molar-refractivity contribution in [1.29, 1.82) is 0 Å². The number of carbonyl (C=O) groups is 1. The molecule has 1 saturated heterocycles. The monoisotopic (exact) mass is 360 g/mol. The van der Waals surface area contributed by atoms with Gasteiger partial charge in [-0.25, -0.2) is 8.78 Å². The van der Waals surface area contributed by atoms with E-state index in [1.807, 2.05) is 0 Å². The third-order valence-electron chi connectivity index (χ3n) is 4.41. The van der Waals surface area contributed by atoms with Gasteiger partial charge in [0.05, 0.1) is 13.2 Å². The zero-order valence-corrected chi connectivity index (χ0v) is 14.5. The van der Waals surface area contributed by atoms with E-state index in [-0.39, 0.29) is 18.3 Å². The number of halogens is 2. The summed E-state index contributed by atoms with van der Waals surface area (Å²) in [6, 6.07) is 11.8. The number of benzene rings is 2. The molecule has 1 amide bonds. The first-order chi connectivity index (χ1) is 12.6. The second-order valence-electron chi connectivity index (χ2n) is 6.32. The van der Waals surface area contributed by atoms with Crippen LogP contribution in [0.3, 0.4) is 0 Å². The standard InChI is InChI=1S/C20H22F2N2O2/c21-18-5-1-3-16(13-18)15-24(8-7-23-9-11-26-12-10-23)20(25)17-4-2-6-19(22)14-17/h1-6,13-14H,7-12,15H2. The summed E-state index contributed by atoms with van der Waals surface area (Å²) in [5.41, 5.74) is 1.00. The highest BCUT2D eigenvalue weighted by Crippen LogP contribution is 2.13. The van der Waals surface area contributed by atoms with E-state index in [0.717, 1.165) is 13.1 Å². The average Bonchev–Trinajstić information content (AvgIpc) is 2.65. The molecule has 3 rings (SSSR count). The van der Waals surface area contributed by atoms with Crippen molar-refractivity contribution in [3.63, 3.8) is 0 Å². The van der Waals surface area contributed by atoms with Gasteiger partial charge in [0.1, 0.15) is 11.6 Å². The Morgan fingerprint density at radius 1 is 1.04 bits per heavy atom. The quantitative estimate of drug-likeness (QED) is 0.794. The molecule has 0 bridgehead atoms. The summed E-state index contributed by atoms with van der Waals surface area (Å²) in [7, 11) is 0. The van der Waals surface area contributed by atoms with Crippen molar-refractivity contribution in [1.82, 2.24) is 9.80 Å². The van der Waals surface area contributed by atoms with Crippen molar-refractivity contribution in [2.75, 3.05) is 39.4 Å². The van der Waals surface area contributed by atoms with Crippen LogP contribution in [0.1, 0.15) is 15.9 Å². The Morgan fingerprint density at radius 2 is 1.73 bits per heavy atom. The van der Waals surface area contributed by atoms with Crippen LogP contribution in [0, 0.1) is 11.6 Å². The lowest BCUT2D eigenvalue weighted by Gasteiger charge is -2.30. The molecule has 6 heteroatoms. The third-order valence-corrected chi connectivity index (χ3v) is 4.41. The van der Waals surface area contributed by atoms with Crippen LogP contribution in [0.2, 0.25) is 0 Å². The Morgan fingerprint density at radius 3 is 2.42 bits per heavy atom. The predicted octanol–water partition coefficient (Wildman–Crippen LogP) is 2.94. The molecule has 26 heavy (non-hydrogen) atoms. The molecule has 138 valence electrons. The van der Waals surface area contributed by atoms with E-state index in [1.165, 1.54) is 30.3 Å². The maximum absolute atomic E-state index is 13.5. The van der Waals surface area contributed by atoms with Crippen molar-refractivity contribution in [2.45, 2.75) is 6.54 Å². The number of morpholine rings is 1. The van der Waals surface area contributed by atoms with Gasteiger partial charge < -0.3 is 9.64 Å². The summed E-state index contributed by atoms with van der Waals surface area (Å²) in [5.74, 6) is -1.05. The van der Waals surface area contributed by atoms with E-state index >= 15 is 0 Å². The molecular formula is C20H22F2N2O2. The first kappa shape index (κ1) is 18.5. The third kappa shape index (κ3) is 5.09. The van der Waals surface area contributed by atoms with Crippen molar-refractivity contribution in [2.24, 2.45) is 0 Å². The lowest BCUT2D eigenvalue weighted by molar-refractivity contribution is 0.0320. The van der Waals surface area contributed by atoms with Crippen molar-refractivity contribution >= 4 is 5.91 Å². The maximum atomic E-state index is 13.5. The molecular weight excluding hydrogens is 338 g/mol. The predicted molar refractivity (Wildman–Crippen MR) is 94.8 cm³/mol. The minimum Gasteiger partial charge on any atom is -0.379 e. The molecule has 1 aliphatic rings. The van der Waals surface area contributed by atoms with Crippen LogP contribution >= 0.6 is 0 Å². The molecule has 0 atom stereocenters. The van der Waals surface area contributed by atoms with Gasteiger partial charge in [0.25, 0.3) is 5.91 Å². The van der Waals surface area contributed by atoms with Crippen LogP contribution in [0.15, 0.2) is 48.5 Å². The Labute approximate surface area is 152 Å². The normalized spacial score (nSPS) is 15.0. The fourth-order valence-electron chi connectivity index (χ4n) is 3.00. The number of nitrogens with zero attached hydrogens (tertiary/aromatic N) is 2. The van der Waals surface area contributed by atoms with Gasteiger partial charge in [0, 0.05) is 38.3 Å². The van der Waals surface area contributed by atoms with E-state index in [2.05, 4.69) is 4.90 Å². The Hall–Kier alpha value is -2.31. The van der Waals surface area contributed by atoms with Crippen molar-refractivity contribution in [3.8, 4) is 0 Å². The van der Waals surface area contributed by atoms with Crippen LogP contribution in [-0.4, -0.2) is 55.1 Å². The number of hydrogen-bond donors (Lipinski definition) is 0. The molecule has 2 aromatic rings. The summed E-state index contributed by atoms with van der Waals surface area (Å²) < 4.78 is 32.3. The SMILES string of the molecule is O=C(c1cccc(F)c1)N(CCN1CCOCC1)Cc1cccc(F)c1. The number of ether oxygens (including phenoxy) is 1. The zero-order chi connectivity index (χ0) is 18.4. The van der Waals surface area contributed by atoms with Crippen LogP contribution < -0.4 is 0 Å². The Balaban J connectivity index is 1.74. The number of amides is 1. The number of carbonyl (C=O) groups excluding carboxylic acids is 1. The van der Waals surface area contributed by atoms with Gasteiger partial charge in [-0.2, -0.15) is 0 Å². The van der Waals surface area contributed by atoms with Gasteiger partial charge in [0.15, 0.2) is 0 Å². The summed E-state index contributed by atoms with van der Waals surface area (Å²) in [6.07, 6.45) is 0. The first-order valence-corrected chi connectivity index (χ1v) is 8.71. The summed E-state index contributed by atoms with van der Waals surface area (Å²) >= 11 is 0. The van der Waals surface area contributed by atoms with E-state index in [4.69, 9.17) is 4.74 Å². The van der Waals surface area contributed by atoms with Crippen LogP contribution in [0.25, 0.3) is 0 Å². The highest BCUT2D eigenvalue weighted by atomic mass is 19.1. The molecule has 0 saturated carbocycles. The van der Waals surface area contributed by atoms with Gasteiger partial charge in [-0.1, -0.05) is 18.2 Å². The van der Waals surface area contributed by atoms with Gasteiger partial charge in [-0.3, -0.25) is 9.69 Å². The molecule has 0 spiro atoms. The Bertz CT molecular complexity index is 748. The molecule has 0 N–H and O–H groups in total. The van der Waals surface area contributed by atoms with Gasteiger partial charge in [-0.15, -0.1) is 0 Å². The van der Waals surface area contributed by atoms with Crippen LogP contribution in [-0.2, 0) is 11.3 Å². The topological polar surface area (TPSA) is 32.8 Å². The highest BCUT2D eigenvalue weighted by Gasteiger charge is 2.19. The molecule has 4 nitrogen and oxygen atoms in total. The van der Waals surface area contributed by atoms with Gasteiger partial charge in [0.2, 0.25) is 0 Å².